The molecule has 0 bridgehead atoms. The molecule has 0 aromatic heterocycles. The third-order valence-corrected chi connectivity index (χ3v) is 6.16. The maximum Gasteiger partial charge on any atom is 0.338 e. The molecule has 4 rings (SSSR count). The normalized spacial score (nSPS) is 22.0. The summed E-state index contributed by atoms with van der Waals surface area (Å²) in [5.74, 6) is -1.66. The summed E-state index contributed by atoms with van der Waals surface area (Å²) >= 11 is 0. The number of rotatable bonds is 12. The average Bonchev–Trinajstić information content (AvgIpc) is 3.56. The van der Waals surface area contributed by atoms with Crippen LogP contribution in [0.1, 0.15) is 34.6 Å². The van der Waals surface area contributed by atoms with E-state index in [2.05, 4.69) is 13.2 Å². The van der Waals surface area contributed by atoms with Crippen molar-refractivity contribution in [3.63, 3.8) is 0 Å². The van der Waals surface area contributed by atoms with E-state index in [1.165, 1.54) is 24.3 Å². The molecule has 42 heavy (non-hydrogen) atoms. The van der Waals surface area contributed by atoms with E-state index in [0.717, 1.165) is 12.2 Å². The van der Waals surface area contributed by atoms with E-state index >= 15 is 0 Å². The number of hydrogen-bond acceptors (Lipinski definition) is 12. The number of carbonyl (C=O) groups excluding carboxylic acids is 4. The van der Waals surface area contributed by atoms with Gasteiger partial charge in [0.05, 0.1) is 24.3 Å². The van der Waals surface area contributed by atoms with Gasteiger partial charge in [-0.3, -0.25) is 0 Å². The zero-order chi connectivity index (χ0) is 30.2. The van der Waals surface area contributed by atoms with Gasteiger partial charge in [-0.2, -0.15) is 0 Å². The van der Waals surface area contributed by atoms with Crippen LogP contribution in [0.2, 0.25) is 0 Å². The summed E-state index contributed by atoms with van der Waals surface area (Å²) in [5, 5.41) is 0. The maximum absolute atomic E-state index is 12.7. The lowest BCUT2D eigenvalue weighted by atomic mass is 10.1. The molecule has 2 aliphatic rings. The van der Waals surface area contributed by atoms with Crippen molar-refractivity contribution in [3.05, 3.63) is 85.0 Å². The Morgan fingerprint density at radius 1 is 0.690 bits per heavy atom. The molecule has 0 saturated carbocycles. The Balaban J connectivity index is 1.25. The fraction of sp³-hybridized carbons (Fsp3) is 0.333. The number of fused-ring (bicyclic) bond motifs is 1. The summed E-state index contributed by atoms with van der Waals surface area (Å²) < 4.78 is 43.6. The second-order valence-electron chi connectivity index (χ2n) is 9.19. The maximum atomic E-state index is 12.7. The molecule has 2 heterocycles. The van der Waals surface area contributed by atoms with Crippen molar-refractivity contribution in [1.82, 2.24) is 0 Å². The fourth-order valence-corrected chi connectivity index (χ4v) is 4.24. The van der Waals surface area contributed by atoms with Crippen LogP contribution in [0.3, 0.4) is 0 Å². The quantitative estimate of drug-likeness (QED) is 0.157. The molecule has 2 aliphatic heterocycles. The van der Waals surface area contributed by atoms with Crippen LogP contribution in [0.5, 0.6) is 11.5 Å². The van der Waals surface area contributed by atoms with Gasteiger partial charge >= 0.3 is 23.9 Å². The van der Waals surface area contributed by atoms with E-state index in [-0.39, 0.29) is 24.3 Å². The van der Waals surface area contributed by atoms with E-state index in [9.17, 15) is 19.2 Å². The van der Waals surface area contributed by atoms with E-state index in [0.29, 0.717) is 11.5 Å². The van der Waals surface area contributed by atoms with Crippen LogP contribution in [0.25, 0.3) is 0 Å². The van der Waals surface area contributed by atoms with Crippen molar-refractivity contribution in [2.24, 2.45) is 0 Å². The Hall–Kier alpha value is -4.68. The van der Waals surface area contributed by atoms with Crippen LogP contribution in [0.4, 0.5) is 0 Å². The molecule has 2 aromatic carbocycles. The average molecular weight is 583 g/mol. The van der Waals surface area contributed by atoms with Crippen molar-refractivity contribution in [3.8, 4) is 11.5 Å². The third kappa shape index (κ3) is 7.74. The SMILES string of the molecule is C=CC(=O)OC(C)Oc1ccc(C(=O)O[C@H]2CO[C@@H]3[C@H]2OC[C@@H]3OC(=O)c2ccc(OC(C)OC(=O)C=C)cc2)cc1. The first-order valence-electron chi connectivity index (χ1n) is 13.0. The molecular weight excluding hydrogens is 552 g/mol. The van der Waals surface area contributed by atoms with Gasteiger partial charge in [0.1, 0.15) is 23.7 Å². The highest BCUT2D eigenvalue weighted by molar-refractivity contribution is 5.90. The summed E-state index contributed by atoms with van der Waals surface area (Å²) in [7, 11) is 0. The van der Waals surface area contributed by atoms with Gasteiger partial charge in [0.15, 0.2) is 12.2 Å². The number of esters is 4. The molecule has 12 heteroatoms. The lowest BCUT2D eigenvalue weighted by molar-refractivity contribution is -0.156. The molecule has 0 radical (unpaired) electrons. The first-order valence-corrected chi connectivity index (χ1v) is 13.0. The zero-order valence-corrected chi connectivity index (χ0v) is 23.0. The van der Waals surface area contributed by atoms with Crippen molar-refractivity contribution in [1.29, 1.82) is 0 Å². The zero-order valence-electron chi connectivity index (χ0n) is 23.0. The first kappa shape index (κ1) is 30.3. The molecule has 0 spiro atoms. The minimum Gasteiger partial charge on any atom is -0.455 e. The molecule has 2 fully saturated rings. The summed E-state index contributed by atoms with van der Waals surface area (Å²) in [6.45, 7) is 9.89. The van der Waals surface area contributed by atoms with Gasteiger partial charge in [-0.25, -0.2) is 19.2 Å². The van der Waals surface area contributed by atoms with Crippen LogP contribution in [0, 0.1) is 0 Å². The summed E-state index contributed by atoms with van der Waals surface area (Å²) in [6.07, 6.45) is -2.25. The predicted octanol–water partition coefficient (Wildman–Crippen LogP) is 3.14. The molecule has 2 unspecified atom stereocenters. The monoisotopic (exact) mass is 582 g/mol. The number of ether oxygens (including phenoxy) is 8. The topological polar surface area (TPSA) is 142 Å². The van der Waals surface area contributed by atoms with Crippen molar-refractivity contribution in [2.75, 3.05) is 13.2 Å². The van der Waals surface area contributed by atoms with Gasteiger partial charge in [-0.05, 0) is 48.5 Å². The second kappa shape index (κ2) is 13.8. The molecule has 0 N–H and O–H groups in total. The molecule has 222 valence electrons. The van der Waals surface area contributed by atoms with E-state index in [4.69, 9.17) is 37.9 Å². The predicted molar refractivity (Wildman–Crippen MR) is 144 cm³/mol. The summed E-state index contributed by atoms with van der Waals surface area (Å²) in [4.78, 5) is 48.0. The van der Waals surface area contributed by atoms with Crippen LogP contribution in [-0.2, 0) is 38.0 Å². The highest BCUT2D eigenvalue weighted by atomic mass is 16.7. The standard InChI is InChI=1S/C30H30O12/c1-5-25(31)39-17(3)37-21-11-7-19(8-12-21)29(33)41-23-15-35-28-24(16-36-27(23)28)42-30(34)20-9-13-22(14-10-20)38-18(4)40-26(32)6-2/h5-14,17-18,23-24,27-28H,1-2,15-16H2,3-4H3/t17?,18?,23-,24-,27-,28-/m0/s1. The van der Waals surface area contributed by atoms with Crippen molar-refractivity contribution in [2.45, 2.75) is 50.8 Å². The Bertz CT molecular complexity index is 1200. The third-order valence-electron chi connectivity index (χ3n) is 6.16. The Kier molecular flexibility index (Phi) is 9.94. The van der Waals surface area contributed by atoms with Crippen molar-refractivity contribution >= 4 is 23.9 Å². The highest BCUT2D eigenvalue weighted by Gasteiger charge is 2.51. The molecule has 0 aliphatic carbocycles. The smallest absolute Gasteiger partial charge is 0.338 e. The van der Waals surface area contributed by atoms with Crippen LogP contribution in [-0.4, -0.2) is 74.1 Å². The Labute approximate surface area is 241 Å². The fourth-order valence-electron chi connectivity index (χ4n) is 4.24. The van der Waals surface area contributed by atoms with Gasteiger partial charge in [0.25, 0.3) is 0 Å². The van der Waals surface area contributed by atoms with E-state index in [1.807, 2.05) is 0 Å². The minimum absolute atomic E-state index is 0.0726. The van der Waals surface area contributed by atoms with Gasteiger partial charge < -0.3 is 37.9 Å². The largest absolute Gasteiger partial charge is 0.455 e. The van der Waals surface area contributed by atoms with Crippen LogP contribution >= 0.6 is 0 Å². The number of carbonyl (C=O) groups is 4. The molecule has 12 nitrogen and oxygen atoms in total. The minimum atomic E-state index is -0.847. The van der Waals surface area contributed by atoms with Gasteiger partial charge in [-0.15, -0.1) is 0 Å². The van der Waals surface area contributed by atoms with Crippen LogP contribution < -0.4 is 9.47 Å². The van der Waals surface area contributed by atoms with Crippen molar-refractivity contribution < 1.29 is 57.1 Å². The summed E-state index contributed by atoms with van der Waals surface area (Å²) in [6, 6.07) is 12.2. The molecular formula is C30H30O12. The number of benzene rings is 2. The van der Waals surface area contributed by atoms with Gasteiger partial charge in [-0.1, -0.05) is 13.2 Å². The Morgan fingerprint density at radius 3 is 1.38 bits per heavy atom. The summed E-state index contributed by atoms with van der Waals surface area (Å²) in [5.41, 5.74) is 0.534. The first-order chi connectivity index (χ1) is 20.2. The Morgan fingerprint density at radius 2 is 1.05 bits per heavy atom. The van der Waals surface area contributed by atoms with Gasteiger partial charge in [0.2, 0.25) is 12.6 Å². The molecule has 0 amide bonds. The van der Waals surface area contributed by atoms with E-state index in [1.54, 1.807) is 38.1 Å². The lowest BCUT2D eigenvalue weighted by Crippen LogP contribution is -2.36. The van der Waals surface area contributed by atoms with Gasteiger partial charge in [0, 0.05) is 26.0 Å². The number of hydrogen-bond donors (Lipinski definition) is 0. The molecule has 2 aromatic rings. The van der Waals surface area contributed by atoms with E-state index < -0.39 is 60.9 Å². The van der Waals surface area contributed by atoms with Crippen LogP contribution in [0.15, 0.2) is 73.8 Å². The second-order valence-corrected chi connectivity index (χ2v) is 9.19. The highest BCUT2D eigenvalue weighted by Crippen LogP contribution is 2.32. The molecule has 2 saturated heterocycles. The molecule has 6 atom stereocenters. The lowest BCUT2D eigenvalue weighted by Gasteiger charge is -2.18.